The lowest BCUT2D eigenvalue weighted by Crippen LogP contribution is -2.39. The van der Waals surface area contributed by atoms with E-state index in [1.807, 2.05) is 0 Å². The largest absolute Gasteiger partial charge is 0.479 e. The van der Waals surface area contributed by atoms with Crippen LogP contribution in [0.3, 0.4) is 0 Å². The van der Waals surface area contributed by atoms with Gasteiger partial charge in [-0.2, -0.15) is 13.2 Å². The maximum absolute atomic E-state index is 13.1. The number of ether oxygens (including phenoxy) is 1. The standard InChI is InChI=1S/C14H16F3NO4/c1-22-11(13(20)21)8-18-12(19)7-10(14(15,16)17)9-5-3-2-4-6-9/h2-6,10-11H,7-8H2,1H3,(H,18,19)(H,20,21). The van der Waals surface area contributed by atoms with E-state index in [4.69, 9.17) is 5.11 Å². The molecule has 1 amide bonds. The van der Waals surface area contributed by atoms with Gasteiger partial charge in [0.2, 0.25) is 5.91 Å². The van der Waals surface area contributed by atoms with Gasteiger partial charge in [0.15, 0.2) is 6.10 Å². The van der Waals surface area contributed by atoms with Gasteiger partial charge < -0.3 is 15.2 Å². The lowest BCUT2D eigenvalue weighted by molar-refractivity contribution is -0.158. The van der Waals surface area contributed by atoms with Gasteiger partial charge in [-0.25, -0.2) is 4.79 Å². The third-order valence-electron chi connectivity index (χ3n) is 3.03. The Bertz CT molecular complexity index is 505. The number of hydrogen-bond donors (Lipinski definition) is 2. The second-order valence-electron chi connectivity index (χ2n) is 4.58. The number of hydrogen-bond acceptors (Lipinski definition) is 3. The molecule has 0 fully saturated rings. The molecule has 0 radical (unpaired) electrons. The van der Waals surface area contributed by atoms with Crippen molar-refractivity contribution in [3.8, 4) is 0 Å². The Kier molecular flexibility index (Phi) is 6.36. The number of carboxylic acids is 1. The molecule has 0 heterocycles. The number of methoxy groups -OCH3 is 1. The molecule has 8 heteroatoms. The van der Waals surface area contributed by atoms with E-state index in [1.165, 1.54) is 24.3 Å². The lowest BCUT2D eigenvalue weighted by Gasteiger charge is -2.20. The van der Waals surface area contributed by atoms with Crippen molar-refractivity contribution in [2.45, 2.75) is 24.6 Å². The lowest BCUT2D eigenvalue weighted by atomic mass is 9.95. The third-order valence-corrected chi connectivity index (χ3v) is 3.03. The summed E-state index contributed by atoms with van der Waals surface area (Å²) in [6.07, 6.45) is -6.69. The van der Waals surface area contributed by atoms with Crippen molar-refractivity contribution in [1.29, 1.82) is 0 Å². The quantitative estimate of drug-likeness (QED) is 0.805. The summed E-state index contributed by atoms with van der Waals surface area (Å²) in [5.74, 6) is -4.15. The number of benzene rings is 1. The van der Waals surface area contributed by atoms with E-state index >= 15 is 0 Å². The van der Waals surface area contributed by atoms with Crippen LogP contribution in [0.4, 0.5) is 13.2 Å². The molecule has 1 aromatic rings. The van der Waals surface area contributed by atoms with Crippen molar-refractivity contribution in [2.24, 2.45) is 0 Å². The van der Waals surface area contributed by atoms with Gasteiger partial charge in [-0.3, -0.25) is 4.79 Å². The molecule has 5 nitrogen and oxygen atoms in total. The molecule has 122 valence electrons. The summed E-state index contributed by atoms with van der Waals surface area (Å²) >= 11 is 0. The second-order valence-corrected chi connectivity index (χ2v) is 4.58. The Balaban J connectivity index is 2.71. The summed E-state index contributed by atoms with van der Waals surface area (Å²) in [5.41, 5.74) is -0.0216. The first-order chi connectivity index (χ1) is 10.3. The van der Waals surface area contributed by atoms with Crippen LogP contribution in [0, 0.1) is 0 Å². The molecule has 0 saturated carbocycles. The van der Waals surface area contributed by atoms with E-state index in [-0.39, 0.29) is 5.56 Å². The summed E-state index contributed by atoms with van der Waals surface area (Å²) < 4.78 is 43.8. The van der Waals surface area contributed by atoms with Crippen molar-refractivity contribution >= 4 is 11.9 Å². The van der Waals surface area contributed by atoms with Crippen molar-refractivity contribution in [1.82, 2.24) is 5.32 Å². The van der Waals surface area contributed by atoms with Gasteiger partial charge in [-0.05, 0) is 5.56 Å². The van der Waals surface area contributed by atoms with Crippen LogP contribution < -0.4 is 5.32 Å². The highest BCUT2D eigenvalue weighted by Crippen LogP contribution is 2.37. The van der Waals surface area contributed by atoms with Gasteiger partial charge in [0, 0.05) is 13.5 Å². The number of carbonyl (C=O) groups excluding carboxylic acids is 1. The van der Waals surface area contributed by atoms with Crippen molar-refractivity contribution in [3.05, 3.63) is 35.9 Å². The van der Waals surface area contributed by atoms with Crippen molar-refractivity contribution < 1.29 is 32.6 Å². The molecule has 0 aliphatic heterocycles. The Labute approximate surface area is 125 Å². The number of halogens is 3. The van der Waals surface area contributed by atoms with E-state index in [9.17, 15) is 22.8 Å². The smallest absolute Gasteiger partial charge is 0.396 e. The maximum atomic E-state index is 13.1. The predicted octanol–water partition coefficient (Wildman–Crippen LogP) is 1.94. The highest BCUT2D eigenvalue weighted by atomic mass is 19.4. The number of aliphatic carboxylic acids is 1. The summed E-state index contributed by atoms with van der Waals surface area (Å²) in [5, 5.41) is 10.9. The van der Waals surface area contributed by atoms with Gasteiger partial charge in [0.25, 0.3) is 0 Å². The summed E-state index contributed by atoms with van der Waals surface area (Å²) in [7, 11) is 1.13. The average Bonchev–Trinajstić information content (AvgIpc) is 2.44. The maximum Gasteiger partial charge on any atom is 0.396 e. The minimum atomic E-state index is -4.58. The first kappa shape index (κ1) is 18.0. The molecule has 0 aliphatic rings. The molecule has 0 aliphatic carbocycles. The van der Waals surface area contributed by atoms with E-state index in [1.54, 1.807) is 6.07 Å². The Morgan fingerprint density at radius 3 is 2.32 bits per heavy atom. The minimum Gasteiger partial charge on any atom is -0.479 e. The SMILES string of the molecule is COC(CNC(=O)CC(c1ccccc1)C(F)(F)F)C(=O)O. The van der Waals surface area contributed by atoms with Crippen LogP contribution in [0.2, 0.25) is 0 Å². The summed E-state index contributed by atoms with van der Waals surface area (Å²) in [6, 6.07) is 7.07. The van der Waals surface area contributed by atoms with Gasteiger partial charge in [-0.15, -0.1) is 0 Å². The fourth-order valence-electron chi connectivity index (χ4n) is 1.84. The molecular formula is C14H16F3NO4. The van der Waals surface area contributed by atoms with Crippen molar-refractivity contribution in [3.63, 3.8) is 0 Å². The predicted molar refractivity (Wildman–Crippen MR) is 71.3 cm³/mol. The minimum absolute atomic E-state index is 0.0216. The molecule has 0 spiro atoms. The highest BCUT2D eigenvalue weighted by molar-refractivity contribution is 5.78. The van der Waals surface area contributed by atoms with Crippen LogP contribution in [-0.4, -0.2) is 42.9 Å². The number of nitrogens with one attached hydrogen (secondary N) is 1. The van der Waals surface area contributed by atoms with Crippen LogP contribution in [0.15, 0.2) is 30.3 Å². The molecule has 2 unspecified atom stereocenters. The van der Waals surface area contributed by atoms with E-state index < -0.39 is 43.0 Å². The number of rotatable bonds is 7. The highest BCUT2D eigenvalue weighted by Gasteiger charge is 2.41. The van der Waals surface area contributed by atoms with Gasteiger partial charge >= 0.3 is 12.1 Å². The molecule has 1 aromatic carbocycles. The number of alkyl halides is 3. The molecule has 0 bridgehead atoms. The average molecular weight is 319 g/mol. The van der Waals surface area contributed by atoms with Crippen LogP contribution in [0.1, 0.15) is 17.9 Å². The molecule has 2 N–H and O–H groups in total. The Morgan fingerprint density at radius 2 is 1.86 bits per heavy atom. The second kappa shape index (κ2) is 7.79. The summed E-state index contributed by atoms with van der Waals surface area (Å²) in [6.45, 7) is -0.399. The molecular weight excluding hydrogens is 303 g/mol. The topological polar surface area (TPSA) is 75.6 Å². The fraction of sp³-hybridized carbons (Fsp3) is 0.429. The van der Waals surface area contributed by atoms with E-state index in [2.05, 4.69) is 10.1 Å². The zero-order valence-corrected chi connectivity index (χ0v) is 11.8. The van der Waals surface area contributed by atoms with Gasteiger partial charge in [-0.1, -0.05) is 30.3 Å². The first-order valence-corrected chi connectivity index (χ1v) is 6.39. The Morgan fingerprint density at radius 1 is 1.27 bits per heavy atom. The van der Waals surface area contributed by atoms with Crippen LogP contribution >= 0.6 is 0 Å². The van der Waals surface area contributed by atoms with Crippen LogP contribution in [-0.2, 0) is 14.3 Å². The fourth-order valence-corrected chi connectivity index (χ4v) is 1.84. The van der Waals surface area contributed by atoms with Gasteiger partial charge in [0.05, 0.1) is 12.5 Å². The van der Waals surface area contributed by atoms with Crippen LogP contribution in [0.5, 0.6) is 0 Å². The van der Waals surface area contributed by atoms with Crippen LogP contribution in [0.25, 0.3) is 0 Å². The Hall–Kier alpha value is -2.09. The molecule has 2 atom stereocenters. The molecule has 22 heavy (non-hydrogen) atoms. The molecule has 0 aromatic heterocycles. The van der Waals surface area contributed by atoms with E-state index in [0.29, 0.717) is 0 Å². The van der Waals surface area contributed by atoms with Gasteiger partial charge in [0.1, 0.15) is 0 Å². The molecule has 0 saturated heterocycles. The monoisotopic (exact) mass is 319 g/mol. The zero-order valence-electron chi connectivity index (χ0n) is 11.8. The normalized spacial score (nSPS) is 14.2. The van der Waals surface area contributed by atoms with E-state index in [0.717, 1.165) is 7.11 Å². The zero-order chi connectivity index (χ0) is 16.8. The van der Waals surface area contributed by atoms with Crippen molar-refractivity contribution in [2.75, 3.05) is 13.7 Å². The third kappa shape index (κ3) is 5.36. The number of amides is 1. The number of carboxylic acid groups (broad SMARTS) is 1. The summed E-state index contributed by atoms with van der Waals surface area (Å²) in [4.78, 5) is 22.3. The number of carbonyl (C=O) groups is 2. The first-order valence-electron chi connectivity index (χ1n) is 6.39. The molecule has 1 rings (SSSR count).